The number of halogens is 2. The molecule has 0 saturated carbocycles. The zero-order valence-corrected chi connectivity index (χ0v) is 11.6. The zero-order chi connectivity index (χ0) is 12.4. The second-order valence-electron chi connectivity index (χ2n) is 3.84. The summed E-state index contributed by atoms with van der Waals surface area (Å²) in [6.45, 7) is 0. The van der Waals surface area contributed by atoms with Gasteiger partial charge < -0.3 is 9.67 Å². The second-order valence-corrected chi connectivity index (χ2v) is 5.16. The SMILES string of the molecule is Cn1ccnc1CC(O)c1ccc(Br)cc1Cl. The van der Waals surface area contributed by atoms with Gasteiger partial charge in [0, 0.05) is 35.4 Å². The molecule has 1 N–H and O–H groups in total. The molecule has 0 radical (unpaired) electrons. The summed E-state index contributed by atoms with van der Waals surface area (Å²) in [5, 5.41) is 10.7. The molecule has 1 unspecified atom stereocenters. The van der Waals surface area contributed by atoms with Gasteiger partial charge in [-0.3, -0.25) is 0 Å². The Labute approximate surface area is 113 Å². The number of rotatable bonds is 3. The maximum absolute atomic E-state index is 10.1. The maximum atomic E-state index is 10.1. The Morgan fingerprint density at radius 1 is 1.53 bits per heavy atom. The maximum Gasteiger partial charge on any atom is 0.111 e. The average Bonchev–Trinajstić information content (AvgIpc) is 2.64. The van der Waals surface area contributed by atoms with Crippen LogP contribution < -0.4 is 0 Å². The molecule has 0 amide bonds. The highest BCUT2D eigenvalue weighted by molar-refractivity contribution is 9.10. The van der Waals surface area contributed by atoms with Crippen molar-refractivity contribution in [2.24, 2.45) is 7.05 Å². The van der Waals surface area contributed by atoms with Crippen LogP contribution in [-0.4, -0.2) is 14.7 Å². The van der Waals surface area contributed by atoms with Gasteiger partial charge in [-0.05, 0) is 17.7 Å². The van der Waals surface area contributed by atoms with Crippen molar-refractivity contribution in [3.63, 3.8) is 0 Å². The van der Waals surface area contributed by atoms with E-state index in [1.807, 2.05) is 29.9 Å². The van der Waals surface area contributed by atoms with E-state index >= 15 is 0 Å². The van der Waals surface area contributed by atoms with E-state index in [1.54, 1.807) is 12.3 Å². The Bertz CT molecular complexity index is 527. The monoisotopic (exact) mass is 314 g/mol. The molecule has 2 aromatic rings. The van der Waals surface area contributed by atoms with Crippen LogP contribution in [-0.2, 0) is 13.5 Å². The average molecular weight is 316 g/mol. The number of hydrogen-bond acceptors (Lipinski definition) is 2. The lowest BCUT2D eigenvalue weighted by atomic mass is 10.1. The van der Waals surface area contributed by atoms with Gasteiger partial charge in [0.15, 0.2) is 0 Å². The molecule has 0 aliphatic carbocycles. The van der Waals surface area contributed by atoms with Gasteiger partial charge in [-0.1, -0.05) is 33.6 Å². The molecule has 0 aliphatic heterocycles. The summed E-state index contributed by atoms with van der Waals surface area (Å²) in [7, 11) is 1.90. The smallest absolute Gasteiger partial charge is 0.111 e. The van der Waals surface area contributed by atoms with Crippen LogP contribution in [0.15, 0.2) is 35.1 Å². The predicted octanol–water partition coefficient (Wildman–Crippen LogP) is 3.11. The normalized spacial score (nSPS) is 12.7. The number of aliphatic hydroxyl groups excluding tert-OH is 1. The first-order valence-electron chi connectivity index (χ1n) is 5.17. The molecule has 5 heteroatoms. The molecular weight excluding hydrogens is 304 g/mol. The number of imidazole rings is 1. The van der Waals surface area contributed by atoms with Crippen LogP contribution in [0.25, 0.3) is 0 Å². The van der Waals surface area contributed by atoms with Crippen molar-refractivity contribution in [1.82, 2.24) is 9.55 Å². The van der Waals surface area contributed by atoms with Crippen molar-refractivity contribution >= 4 is 27.5 Å². The molecule has 0 bridgehead atoms. The third-order valence-corrected chi connectivity index (χ3v) is 3.44. The van der Waals surface area contributed by atoms with E-state index in [-0.39, 0.29) is 0 Å². The molecule has 1 heterocycles. The van der Waals surface area contributed by atoms with Gasteiger partial charge in [0.1, 0.15) is 5.82 Å². The molecule has 3 nitrogen and oxygen atoms in total. The van der Waals surface area contributed by atoms with E-state index in [0.717, 1.165) is 15.9 Å². The molecule has 0 fully saturated rings. The van der Waals surface area contributed by atoms with Crippen molar-refractivity contribution in [1.29, 1.82) is 0 Å². The number of benzene rings is 1. The van der Waals surface area contributed by atoms with E-state index in [0.29, 0.717) is 11.4 Å². The predicted molar refractivity (Wildman–Crippen MR) is 71.0 cm³/mol. The molecule has 1 aromatic heterocycles. The minimum atomic E-state index is -0.642. The van der Waals surface area contributed by atoms with Gasteiger partial charge in [-0.25, -0.2) is 4.98 Å². The summed E-state index contributed by atoms with van der Waals surface area (Å²) >= 11 is 9.42. The van der Waals surface area contributed by atoms with Crippen molar-refractivity contribution < 1.29 is 5.11 Å². The Morgan fingerprint density at radius 3 is 2.88 bits per heavy atom. The topological polar surface area (TPSA) is 38.0 Å². The van der Waals surface area contributed by atoms with E-state index < -0.39 is 6.10 Å². The Hall–Kier alpha value is -0.840. The largest absolute Gasteiger partial charge is 0.388 e. The fourth-order valence-electron chi connectivity index (χ4n) is 1.65. The molecule has 0 spiro atoms. The molecule has 1 atom stereocenters. The van der Waals surface area contributed by atoms with E-state index in [9.17, 15) is 5.11 Å². The number of aryl methyl sites for hydroxylation is 1. The first-order valence-corrected chi connectivity index (χ1v) is 6.34. The van der Waals surface area contributed by atoms with Gasteiger partial charge in [0.25, 0.3) is 0 Å². The van der Waals surface area contributed by atoms with Crippen LogP contribution in [0.3, 0.4) is 0 Å². The third-order valence-electron chi connectivity index (χ3n) is 2.62. The summed E-state index contributed by atoms with van der Waals surface area (Å²) in [4.78, 5) is 4.18. The highest BCUT2D eigenvalue weighted by Gasteiger charge is 2.14. The van der Waals surface area contributed by atoms with Crippen molar-refractivity contribution in [2.75, 3.05) is 0 Å². The lowest BCUT2D eigenvalue weighted by Gasteiger charge is -2.12. The number of aromatic nitrogens is 2. The van der Waals surface area contributed by atoms with E-state index in [2.05, 4.69) is 20.9 Å². The number of hydrogen-bond donors (Lipinski definition) is 1. The van der Waals surface area contributed by atoms with Gasteiger partial charge in [0.05, 0.1) is 6.10 Å². The summed E-state index contributed by atoms with van der Waals surface area (Å²) in [6, 6.07) is 5.46. The van der Waals surface area contributed by atoms with Gasteiger partial charge >= 0.3 is 0 Å². The third kappa shape index (κ3) is 2.89. The Balaban J connectivity index is 2.20. The minimum Gasteiger partial charge on any atom is -0.388 e. The summed E-state index contributed by atoms with van der Waals surface area (Å²) in [5.74, 6) is 0.830. The molecule has 0 saturated heterocycles. The lowest BCUT2D eigenvalue weighted by molar-refractivity contribution is 0.175. The highest BCUT2D eigenvalue weighted by atomic mass is 79.9. The van der Waals surface area contributed by atoms with E-state index in [4.69, 9.17) is 11.6 Å². The first-order chi connectivity index (χ1) is 8.08. The van der Waals surface area contributed by atoms with Crippen LogP contribution >= 0.6 is 27.5 Å². The quantitative estimate of drug-likeness (QED) is 0.945. The summed E-state index contributed by atoms with van der Waals surface area (Å²) in [6.07, 6.45) is 3.37. The van der Waals surface area contributed by atoms with Gasteiger partial charge in [-0.15, -0.1) is 0 Å². The fraction of sp³-hybridized carbons (Fsp3) is 0.250. The second kappa shape index (κ2) is 5.21. The van der Waals surface area contributed by atoms with Gasteiger partial charge in [-0.2, -0.15) is 0 Å². The number of nitrogens with zero attached hydrogens (tertiary/aromatic N) is 2. The van der Waals surface area contributed by atoms with Crippen LogP contribution in [0.1, 0.15) is 17.5 Å². The Morgan fingerprint density at radius 2 is 2.29 bits per heavy atom. The van der Waals surface area contributed by atoms with Crippen LogP contribution in [0.4, 0.5) is 0 Å². The zero-order valence-electron chi connectivity index (χ0n) is 9.27. The van der Waals surface area contributed by atoms with Crippen LogP contribution in [0.2, 0.25) is 5.02 Å². The van der Waals surface area contributed by atoms with Crippen LogP contribution in [0, 0.1) is 0 Å². The Kier molecular flexibility index (Phi) is 3.86. The molecule has 2 rings (SSSR count). The molecule has 90 valence electrons. The fourth-order valence-corrected chi connectivity index (χ4v) is 2.45. The molecule has 17 heavy (non-hydrogen) atoms. The molecule has 0 aliphatic rings. The number of aliphatic hydroxyl groups is 1. The summed E-state index contributed by atoms with van der Waals surface area (Å²) in [5.41, 5.74) is 0.720. The first kappa shape index (κ1) is 12.6. The molecular formula is C12H12BrClN2O. The van der Waals surface area contributed by atoms with Crippen molar-refractivity contribution in [3.8, 4) is 0 Å². The van der Waals surface area contributed by atoms with Crippen LogP contribution in [0.5, 0.6) is 0 Å². The molecule has 1 aromatic carbocycles. The van der Waals surface area contributed by atoms with Crippen molar-refractivity contribution in [3.05, 3.63) is 51.5 Å². The lowest BCUT2D eigenvalue weighted by Crippen LogP contribution is -2.07. The highest BCUT2D eigenvalue weighted by Crippen LogP contribution is 2.28. The van der Waals surface area contributed by atoms with E-state index in [1.165, 1.54) is 0 Å². The van der Waals surface area contributed by atoms with Crippen molar-refractivity contribution in [2.45, 2.75) is 12.5 Å². The summed E-state index contributed by atoms with van der Waals surface area (Å²) < 4.78 is 2.78. The standard InChI is InChI=1S/C12H12BrClN2O/c1-16-5-4-15-12(16)7-11(17)9-3-2-8(13)6-10(9)14/h2-6,11,17H,7H2,1H3. The minimum absolute atomic E-state index is 0.449. The van der Waals surface area contributed by atoms with Gasteiger partial charge in [0.2, 0.25) is 0 Å².